The zero-order valence-electron chi connectivity index (χ0n) is 5.46. The minimum atomic E-state index is -0.260. The van der Waals surface area contributed by atoms with Gasteiger partial charge in [-0.3, -0.25) is 0 Å². The van der Waals surface area contributed by atoms with Gasteiger partial charge in [-0.25, -0.2) is 0 Å². The fourth-order valence-corrected chi connectivity index (χ4v) is 1.38. The van der Waals surface area contributed by atoms with Gasteiger partial charge in [-0.1, -0.05) is 18.1 Å². The number of hydrogen-bond acceptors (Lipinski definition) is 1. The van der Waals surface area contributed by atoms with Gasteiger partial charge in [0.05, 0.1) is 21.8 Å². The monoisotopic (exact) mass is 120 g/mol. The van der Waals surface area contributed by atoms with E-state index in [9.17, 15) is 0 Å². The van der Waals surface area contributed by atoms with Crippen molar-refractivity contribution in [2.24, 2.45) is 0 Å². The largest absolute Gasteiger partial charge is 0.393 e. The molecule has 0 aromatic heterocycles. The molecule has 1 saturated carbocycles. The first-order valence-corrected chi connectivity index (χ1v) is 3.37. The van der Waals surface area contributed by atoms with Crippen LogP contribution in [0.5, 0.6) is 0 Å². The van der Waals surface area contributed by atoms with E-state index in [1.165, 1.54) is 0 Å². The maximum Gasteiger partial charge on any atom is 0.0700 e. The van der Waals surface area contributed by atoms with Crippen LogP contribution in [-0.4, -0.2) is 26.9 Å². The molecule has 4 radical (unpaired) electrons. The Balaban J connectivity index is 2.34. The summed E-state index contributed by atoms with van der Waals surface area (Å²) in [7, 11) is 11.2. The SMILES string of the molecule is [B]C1CC([B])CC(O)C1. The highest BCUT2D eigenvalue weighted by molar-refractivity contribution is 6.15. The lowest BCUT2D eigenvalue weighted by molar-refractivity contribution is 0.131. The number of rotatable bonds is 0. The summed E-state index contributed by atoms with van der Waals surface area (Å²) in [4.78, 5) is 0. The van der Waals surface area contributed by atoms with Crippen molar-refractivity contribution in [1.29, 1.82) is 0 Å². The summed E-state index contributed by atoms with van der Waals surface area (Å²) in [6.07, 6.45) is 2.03. The van der Waals surface area contributed by atoms with E-state index in [2.05, 4.69) is 0 Å². The summed E-state index contributed by atoms with van der Waals surface area (Å²) in [5, 5.41) is 9.09. The van der Waals surface area contributed by atoms with Crippen molar-refractivity contribution >= 4 is 15.7 Å². The summed E-state index contributed by atoms with van der Waals surface area (Å²) in [5.74, 6) is 0.229. The van der Waals surface area contributed by atoms with Crippen LogP contribution in [0.1, 0.15) is 19.3 Å². The Morgan fingerprint density at radius 3 is 1.78 bits per heavy atom. The highest BCUT2D eigenvalue weighted by atomic mass is 16.3. The maximum atomic E-state index is 9.09. The lowest BCUT2D eigenvalue weighted by Crippen LogP contribution is -2.20. The number of aliphatic hydroxyl groups is 1. The van der Waals surface area contributed by atoms with Gasteiger partial charge in [0, 0.05) is 0 Å². The molecule has 9 heavy (non-hydrogen) atoms. The molecule has 2 unspecified atom stereocenters. The zero-order valence-corrected chi connectivity index (χ0v) is 5.46. The molecule has 1 aliphatic rings. The van der Waals surface area contributed by atoms with Gasteiger partial charge in [-0.05, 0) is 12.8 Å². The van der Waals surface area contributed by atoms with Crippen molar-refractivity contribution in [3.05, 3.63) is 0 Å². The summed E-state index contributed by atoms with van der Waals surface area (Å²) in [6.45, 7) is 0. The van der Waals surface area contributed by atoms with E-state index in [-0.39, 0.29) is 17.7 Å². The van der Waals surface area contributed by atoms with Gasteiger partial charge in [0.2, 0.25) is 0 Å². The predicted octanol–water partition coefficient (Wildman–Crippen LogP) is 0.445. The van der Waals surface area contributed by atoms with Gasteiger partial charge >= 0.3 is 0 Å². The molecule has 0 bridgehead atoms. The minimum absolute atomic E-state index is 0.115. The third kappa shape index (κ3) is 2.05. The van der Waals surface area contributed by atoms with E-state index >= 15 is 0 Å². The molecule has 0 amide bonds. The van der Waals surface area contributed by atoms with E-state index in [0.29, 0.717) is 12.8 Å². The van der Waals surface area contributed by atoms with Gasteiger partial charge < -0.3 is 5.11 Å². The Kier molecular flexibility index (Phi) is 2.23. The van der Waals surface area contributed by atoms with Crippen LogP contribution in [0, 0.1) is 0 Å². The lowest BCUT2D eigenvalue weighted by atomic mass is 9.64. The normalized spacial score (nSPS) is 44.8. The molecule has 46 valence electrons. The van der Waals surface area contributed by atoms with E-state index in [4.69, 9.17) is 20.8 Å². The number of aliphatic hydroxyl groups excluding tert-OH is 1. The van der Waals surface area contributed by atoms with Crippen molar-refractivity contribution in [1.82, 2.24) is 0 Å². The molecule has 0 aromatic rings. The van der Waals surface area contributed by atoms with Crippen molar-refractivity contribution in [3.63, 3.8) is 0 Å². The first kappa shape index (κ1) is 7.20. The quantitative estimate of drug-likeness (QED) is 0.459. The fraction of sp³-hybridized carbons (Fsp3) is 1.00. The second-order valence-electron chi connectivity index (χ2n) is 2.88. The Labute approximate surface area is 58.7 Å². The molecule has 1 fully saturated rings. The number of hydrogen-bond donors (Lipinski definition) is 1. The topological polar surface area (TPSA) is 20.2 Å². The van der Waals surface area contributed by atoms with E-state index in [1.807, 2.05) is 0 Å². The molecule has 1 rings (SSSR count). The van der Waals surface area contributed by atoms with Crippen LogP contribution < -0.4 is 0 Å². The van der Waals surface area contributed by atoms with Crippen LogP contribution in [-0.2, 0) is 0 Å². The fourth-order valence-electron chi connectivity index (χ4n) is 1.38. The molecule has 2 atom stereocenters. The minimum Gasteiger partial charge on any atom is -0.393 e. The van der Waals surface area contributed by atoms with Crippen LogP contribution in [0.2, 0.25) is 11.6 Å². The first-order valence-electron chi connectivity index (χ1n) is 3.37. The molecule has 1 N–H and O–H groups in total. The maximum absolute atomic E-state index is 9.09. The molecule has 0 saturated heterocycles. The van der Waals surface area contributed by atoms with Gasteiger partial charge in [-0.15, -0.1) is 0 Å². The van der Waals surface area contributed by atoms with Crippen LogP contribution in [0.25, 0.3) is 0 Å². The molecule has 1 nitrogen and oxygen atoms in total. The first-order chi connectivity index (χ1) is 4.18. The lowest BCUT2D eigenvalue weighted by Gasteiger charge is -2.28. The molecular weight excluding hydrogens is 110 g/mol. The van der Waals surface area contributed by atoms with E-state index in [1.54, 1.807) is 0 Å². The van der Waals surface area contributed by atoms with Gasteiger partial charge in [0.25, 0.3) is 0 Å². The van der Waals surface area contributed by atoms with Gasteiger partial charge in [-0.2, -0.15) is 0 Å². The van der Waals surface area contributed by atoms with Crippen LogP contribution in [0.4, 0.5) is 0 Å². The Morgan fingerprint density at radius 1 is 1.00 bits per heavy atom. The van der Waals surface area contributed by atoms with Crippen molar-refractivity contribution < 1.29 is 5.11 Å². The third-order valence-corrected chi connectivity index (χ3v) is 1.76. The standard InChI is InChI=1S/C6H10B2O/c7-4-1-5(8)3-6(9)2-4/h4-6,9H,1-3H2. The third-order valence-electron chi connectivity index (χ3n) is 1.76. The predicted molar refractivity (Wildman–Crippen MR) is 38.9 cm³/mol. The van der Waals surface area contributed by atoms with Gasteiger partial charge in [0.1, 0.15) is 0 Å². The summed E-state index contributed by atoms with van der Waals surface area (Å²) in [6, 6.07) is 0. The van der Waals surface area contributed by atoms with Crippen molar-refractivity contribution in [2.45, 2.75) is 37.0 Å². The van der Waals surface area contributed by atoms with Crippen LogP contribution >= 0.6 is 0 Å². The summed E-state index contributed by atoms with van der Waals surface area (Å²) < 4.78 is 0. The molecule has 3 heteroatoms. The molecular formula is C6H10B2O. The smallest absolute Gasteiger partial charge is 0.0700 e. The van der Waals surface area contributed by atoms with E-state index < -0.39 is 0 Å². The van der Waals surface area contributed by atoms with Crippen molar-refractivity contribution in [3.8, 4) is 0 Å². The molecule has 0 aliphatic heterocycles. The second kappa shape index (κ2) is 2.78. The average molecular weight is 120 g/mol. The molecule has 1 aliphatic carbocycles. The second-order valence-corrected chi connectivity index (χ2v) is 2.88. The van der Waals surface area contributed by atoms with Crippen LogP contribution in [0.3, 0.4) is 0 Å². The Morgan fingerprint density at radius 2 is 1.44 bits per heavy atom. The van der Waals surface area contributed by atoms with Crippen LogP contribution in [0.15, 0.2) is 0 Å². The molecule has 0 aromatic carbocycles. The Hall–Kier alpha value is 0.0899. The average Bonchev–Trinajstić information content (AvgIpc) is 1.59. The highest BCUT2D eigenvalue weighted by Gasteiger charge is 2.20. The van der Waals surface area contributed by atoms with Gasteiger partial charge in [0.15, 0.2) is 0 Å². The molecule has 0 heterocycles. The Bertz CT molecular complexity index is 72.0. The zero-order chi connectivity index (χ0) is 6.85. The highest BCUT2D eigenvalue weighted by Crippen LogP contribution is 2.32. The summed E-state index contributed by atoms with van der Waals surface area (Å²) in [5.41, 5.74) is 0. The summed E-state index contributed by atoms with van der Waals surface area (Å²) >= 11 is 0. The molecule has 0 spiro atoms. The van der Waals surface area contributed by atoms with E-state index in [0.717, 1.165) is 6.42 Å². The van der Waals surface area contributed by atoms with Crippen molar-refractivity contribution in [2.75, 3.05) is 0 Å².